The van der Waals surface area contributed by atoms with Crippen molar-refractivity contribution < 1.29 is 29.6 Å². The van der Waals surface area contributed by atoms with Gasteiger partial charge < -0.3 is 20.1 Å². The number of benzene rings is 2. The molecule has 3 rings (SSSR count). The number of ether oxygens (including phenoxy) is 1. The fourth-order valence-corrected chi connectivity index (χ4v) is 3.76. The van der Waals surface area contributed by atoms with E-state index in [4.69, 9.17) is 16.3 Å². The summed E-state index contributed by atoms with van der Waals surface area (Å²) in [5, 5.41) is 31.4. The van der Waals surface area contributed by atoms with Crippen molar-refractivity contribution >= 4 is 29.0 Å². The monoisotopic (exact) mass is 445 g/mol. The number of Topliss-reactive ketones (excluding diaryl/α,β-unsaturated/α-hetero) is 1. The number of amides is 1. The van der Waals surface area contributed by atoms with Crippen LogP contribution in [0.3, 0.4) is 0 Å². The highest BCUT2D eigenvalue weighted by molar-refractivity contribution is 6.31. The Hall–Kier alpha value is -3.19. The van der Waals surface area contributed by atoms with Crippen molar-refractivity contribution in [3.8, 4) is 17.2 Å². The van der Waals surface area contributed by atoms with Gasteiger partial charge in [0.05, 0.1) is 23.9 Å². The van der Waals surface area contributed by atoms with Crippen molar-refractivity contribution in [1.82, 2.24) is 0 Å². The number of nitrogens with zero attached hydrogens (tertiary/aromatic N) is 1. The minimum Gasteiger partial charge on any atom is -0.506 e. The lowest BCUT2D eigenvalue weighted by molar-refractivity contribution is -0.118. The van der Waals surface area contributed by atoms with Gasteiger partial charge in [-0.05, 0) is 48.7 Å². The van der Waals surface area contributed by atoms with E-state index < -0.39 is 17.7 Å². The van der Waals surface area contributed by atoms with Gasteiger partial charge in [-0.3, -0.25) is 14.5 Å². The molecule has 0 radical (unpaired) electrons. The molecule has 0 fully saturated rings. The quantitative estimate of drug-likeness (QED) is 0.571. The lowest BCUT2D eigenvalue weighted by Crippen LogP contribution is -2.31. The maximum Gasteiger partial charge on any atom is 0.294 e. The Kier molecular flexibility index (Phi) is 6.45. The van der Waals surface area contributed by atoms with E-state index in [1.165, 1.54) is 36.4 Å². The summed E-state index contributed by atoms with van der Waals surface area (Å²) >= 11 is 6.08. The summed E-state index contributed by atoms with van der Waals surface area (Å²) in [6.45, 7) is 5.76. The number of hydrogen-bond donors (Lipinski definition) is 3. The zero-order valence-corrected chi connectivity index (χ0v) is 18.2. The van der Waals surface area contributed by atoms with Gasteiger partial charge >= 0.3 is 0 Å². The third-order valence-corrected chi connectivity index (χ3v) is 5.13. The standard InChI is InChI=1S/C23H24ClNO6/c1-4-31-19-10-13(5-7-17(19)27)21-20(18(28)9-12(2)3)22(29)23(30)25(21)15-11-14(24)6-8-16(15)26/h5-8,10-12,21,26-27,29H,4,9H2,1-3H3. The summed E-state index contributed by atoms with van der Waals surface area (Å²) in [5.41, 5.74) is 0.392. The van der Waals surface area contributed by atoms with E-state index in [0.717, 1.165) is 4.90 Å². The van der Waals surface area contributed by atoms with Crippen molar-refractivity contribution in [3.63, 3.8) is 0 Å². The van der Waals surface area contributed by atoms with Gasteiger partial charge in [0.1, 0.15) is 5.75 Å². The zero-order valence-electron chi connectivity index (χ0n) is 17.4. The Bertz CT molecular complexity index is 1060. The summed E-state index contributed by atoms with van der Waals surface area (Å²) in [6, 6.07) is 7.56. The molecule has 0 saturated carbocycles. The fraction of sp³-hybridized carbons (Fsp3) is 0.304. The van der Waals surface area contributed by atoms with Crippen LogP contribution in [0, 0.1) is 5.92 Å². The zero-order chi connectivity index (χ0) is 22.9. The molecule has 31 heavy (non-hydrogen) atoms. The Labute approximate surface area is 185 Å². The molecule has 1 unspecified atom stereocenters. The van der Waals surface area contributed by atoms with Crippen molar-refractivity contribution in [2.75, 3.05) is 11.5 Å². The van der Waals surface area contributed by atoms with Crippen LogP contribution >= 0.6 is 11.6 Å². The number of ketones is 1. The number of rotatable bonds is 7. The third-order valence-electron chi connectivity index (χ3n) is 4.90. The van der Waals surface area contributed by atoms with Crippen LogP contribution in [-0.2, 0) is 9.59 Å². The molecule has 7 nitrogen and oxygen atoms in total. The van der Waals surface area contributed by atoms with E-state index >= 15 is 0 Å². The van der Waals surface area contributed by atoms with Crippen LogP contribution in [0.25, 0.3) is 0 Å². The molecule has 0 bridgehead atoms. The predicted octanol–water partition coefficient (Wildman–Crippen LogP) is 4.67. The molecular formula is C23H24ClNO6. The lowest BCUT2D eigenvalue weighted by atomic mass is 9.91. The van der Waals surface area contributed by atoms with Gasteiger partial charge in [0.15, 0.2) is 23.0 Å². The third kappa shape index (κ3) is 4.32. The molecule has 8 heteroatoms. The molecule has 1 aliphatic heterocycles. The molecule has 1 heterocycles. The smallest absolute Gasteiger partial charge is 0.294 e. The first-order valence-corrected chi connectivity index (χ1v) is 10.3. The number of carbonyl (C=O) groups is 2. The highest BCUT2D eigenvalue weighted by Crippen LogP contribution is 2.46. The van der Waals surface area contributed by atoms with E-state index in [9.17, 15) is 24.9 Å². The molecular weight excluding hydrogens is 422 g/mol. The second-order valence-electron chi connectivity index (χ2n) is 7.65. The number of aliphatic hydroxyl groups excluding tert-OH is 1. The van der Waals surface area contributed by atoms with Gasteiger partial charge in [0.25, 0.3) is 5.91 Å². The summed E-state index contributed by atoms with van der Waals surface area (Å²) in [6.07, 6.45) is 0.120. The largest absolute Gasteiger partial charge is 0.506 e. The first-order valence-electron chi connectivity index (χ1n) is 9.89. The maximum atomic E-state index is 13.1. The number of halogens is 1. The second-order valence-corrected chi connectivity index (χ2v) is 8.09. The number of aromatic hydroxyl groups is 2. The number of carbonyl (C=O) groups excluding carboxylic acids is 2. The second kappa shape index (κ2) is 8.89. The van der Waals surface area contributed by atoms with Crippen LogP contribution in [0.4, 0.5) is 5.69 Å². The number of aliphatic hydroxyl groups is 1. The molecule has 0 spiro atoms. The predicted molar refractivity (Wildman–Crippen MR) is 117 cm³/mol. The van der Waals surface area contributed by atoms with E-state index in [2.05, 4.69) is 0 Å². The number of anilines is 1. The summed E-state index contributed by atoms with van der Waals surface area (Å²) in [7, 11) is 0. The molecule has 1 aliphatic rings. The molecule has 0 saturated heterocycles. The number of hydrogen-bond acceptors (Lipinski definition) is 6. The molecule has 1 atom stereocenters. The number of phenolic OH excluding ortho intramolecular Hbond substituents is 2. The summed E-state index contributed by atoms with van der Waals surface area (Å²) in [5.74, 6) is -2.07. The summed E-state index contributed by atoms with van der Waals surface area (Å²) < 4.78 is 5.45. The first kappa shape index (κ1) is 22.5. The molecule has 164 valence electrons. The Morgan fingerprint density at radius 3 is 2.45 bits per heavy atom. The van der Waals surface area contributed by atoms with Gasteiger partial charge in [0, 0.05) is 11.4 Å². The molecule has 0 aromatic heterocycles. The van der Waals surface area contributed by atoms with Gasteiger partial charge in [-0.25, -0.2) is 0 Å². The SMILES string of the molecule is CCOc1cc(C2C(C(=O)CC(C)C)=C(O)C(=O)N2c2cc(Cl)ccc2O)ccc1O. The average Bonchev–Trinajstić information content (AvgIpc) is 2.96. The van der Waals surface area contributed by atoms with Crippen molar-refractivity contribution in [2.45, 2.75) is 33.2 Å². The number of phenols is 2. The maximum absolute atomic E-state index is 13.1. The Balaban J connectivity index is 2.22. The molecule has 0 aliphatic carbocycles. The van der Waals surface area contributed by atoms with Crippen LogP contribution in [0.2, 0.25) is 5.02 Å². The Morgan fingerprint density at radius 1 is 1.13 bits per heavy atom. The van der Waals surface area contributed by atoms with Gasteiger partial charge in [-0.15, -0.1) is 0 Å². The lowest BCUT2D eigenvalue weighted by Gasteiger charge is -2.28. The molecule has 2 aromatic rings. The van der Waals surface area contributed by atoms with E-state index in [1.54, 1.807) is 6.92 Å². The van der Waals surface area contributed by atoms with Crippen LogP contribution in [-0.4, -0.2) is 33.6 Å². The highest BCUT2D eigenvalue weighted by Gasteiger charge is 2.45. The minimum atomic E-state index is -1.04. The van der Waals surface area contributed by atoms with Crippen molar-refractivity contribution in [2.24, 2.45) is 5.92 Å². The molecule has 1 amide bonds. The van der Waals surface area contributed by atoms with Crippen LogP contribution in [0.15, 0.2) is 47.7 Å². The normalized spacial score (nSPS) is 16.4. The van der Waals surface area contributed by atoms with E-state index in [1.807, 2.05) is 13.8 Å². The molecule has 3 N–H and O–H groups in total. The topological polar surface area (TPSA) is 107 Å². The van der Waals surface area contributed by atoms with Gasteiger partial charge in [0.2, 0.25) is 0 Å². The van der Waals surface area contributed by atoms with Gasteiger partial charge in [-0.2, -0.15) is 0 Å². The Morgan fingerprint density at radius 2 is 1.81 bits per heavy atom. The van der Waals surface area contributed by atoms with Crippen molar-refractivity contribution in [1.29, 1.82) is 0 Å². The average molecular weight is 446 g/mol. The van der Waals surface area contributed by atoms with Crippen molar-refractivity contribution in [3.05, 3.63) is 58.3 Å². The highest BCUT2D eigenvalue weighted by atomic mass is 35.5. The van der Waals surface area contributed by atoms with E-state index in [-0.39, 0.29) is 51.7 Å². The minimum absolute atomic E-state index is 0.00372. The first-order chi connectivity index (χ1) is 14.6. The van der Waals surface area contributed by atoms with E-state index in [0.29, 0.717) is 12.2 Å². The van der Waals surface area contributed by atoms with Crippen LogP contribution in [0.5, 0.6) is 17.2 Å². The fourth-order valence-electron chi connectivity index (χ4n) is 3.60. The summed E-state index contributed by atoms with van der Waals surface area (Å²) in [4.78, 5) is 27.2. The van der Waals surface area contributed by atoms with Crippen LogP contribution < -0.4 is 9.64 Å². The van der Waals surface area contributed by atoms with Gasteiger partial charge in [-0.1, -0.05) is 31.5 Å². The van der Waals surface area contributed by atoms with Crippen LogP contribution in [0.1, 0.15) is 38.8 Å². The molecule has 2 aromatic carbocycles.